The minimum Gasteiger partial charge on any atom is -0.371 e. The fraction of sp³-hybridized carbons (Fsp3) is 0.312. The number of benzene rings is 1. The van der Waals surface area contributed by atoms with Gasteiger partial charge in [0.1, 0.15) is 6.04 Å². The number of anilines is 1. The number of amides is 3. The second kappa shape index (κ2) is 6.51. The van der Waals surface area contributed by atoms with Gasteiger partial charge in [-0.25, -0.2) is 4.79 Å². The van der Waals surface area contributed by atoms with Gasteiger partial charge in [0, 0.05) is 19.3 Å². The maximum absolute atomic E-state index is 12.2. The third-order valence-corrected chi connectivity index (χ3v) is 3.70. The molecule has 120 valence electrons. The quantitative estimate of drug-likeness (QED) is 0.871. The standard InChI is InChI=1S/C16H19N5O2/c1-12(15(22)21-8-7-17-16(21)23)19-14-9-18-20(11-14)10-13-5-3-2-4-6-13/h2-6,9,11-12,19H,7-8,10H2,1H3,(H,17,23). The summed E-state index contributed by atoms with van der Waals surface area (Å²) in [5.41, 5.74) is 1.90. The molecule has 1 fully saturated rings. The number of rotatable bonds is 5. The van der Waals surface area contributed by atoms with Gasteiger partial charge in [-0.15, -0.1) is 0 Å². The van der Waals surface area contributed by atoms with Crippen molar-refractivity contribution in [2.75, 3.05) is 18.4 Å². The molecule has 2 N–H and O–H groups in total. The molecule has 1 aromatic heterocycles. The van der Waals surface area contributed by atoms with Gasteiger partial charge in [-0.1, -0.05) is 30.3 Å². The van der Waals surface area contributed by atoms with Crippen LogP contribution in [0.3, 0.4) is 0 Å². The van der Waals surface area contributed by atoms with Gasteiger partial charge in [0.15, 0.2) is 0 Å². The molecule has 2 heterocycles. The summed E-state index contributed by atoms with van der Waals surface area (Å²) >= 11 is 0. The monoisotopic (exact) mass is 313 g/mol. The van der Waals surface area contributed by atoms with Crippen molar-refractivity contribution in [3.63, 3.8) is 0 Å². The Bertz CT molecular complexity index is 698. The van der Waals surface area contributed by atoms with E-state index in [1.807, 2.05) is 36.5 Å². The van der Waals surface area contributed by atoms with Gasteiger partial charge in [0.2, 0.25) is 0 Å². The number of carbonyl (C=O) groups is 2. The van der Waals surface area contributed by atoms with Crippen molar-refractivity contribution in [2.45, 2.75) is 19.5 Å². The SMILES string of the molecule is CC(Nc1cnn(Cc2ccccc2)c1)C(=O)N1CCNC1=O. The van der Waals surface area contributed by atoms with E-state index in [0.717, 1.165) is 11.3 Å². The lowest BCUT2D eigenvalue weighted by Gasteiger charge is -2.18. The van der Waals surface area contributed by atoms with E-state index in [1.54, 1.807) is 17.8 Å². The van der Waals surface area contributed by atoms with Crippen molar-refractivity contribution in [2.24, 2.45) is 0 Å². The summed E-state index contributed by atoms with van der Waals surface area (Å²) in [5.74, 6) is -0.240. The average molecular weight is 313 g/mol. The first-order valence-electron chi connectivity index (χ1n) is 7.55. The van der Waals surface area contributed by atoms with E-state index < -0.39 is 6.04 Å². The zero-order chi connectivity index (χ0) is 16.2. The van der Waals surface area contributed by atoms with Crippen molar-refractivity contribution in [1.29, 1.82) is 0 Å². The summed E-state index contributed by atoms with van der Waals surface area (Å²) in [5, 5.41) is 10.00. The molecule has 1 aliphatic heterocycles. The maximum atomic E-state index is 12.2. The van der Waals surface area contributed by atoms with Gasteiger partial charge in [-0.3, -0.25) is 14.4 Å². The van der Waals surface area contributed by atoms with Crippen LogP contribution in [0, 0.1) is 0 Å². The van der Waals surface area contributed by atoms with Crippen molar-refractivity contribution in [3.8, 4) is 0 Å². The van der Waals surface area contributed by atoms with E-state index in [-0.39, 0.29) is 11.9 Å². The summed E-state index contributed by atoms with van der Waals surface area (Å²) in [4.78, 5) is 25.0. The molecular formula is C16H19N5O2. The number of nitrogens with zero attached hydrogens (tertiary/aromatic N) is 3. The first-order chi connectivity index (χ1) is 11.1. The predicted octanol–water partition coefficient (Wildman–Crippen LogP) is 1.28. The fourth-order valence-corrected chi connectivity index (χ4v) is 2.52. The number of imide groups is 1. The molecule has 1 saturated heterocycles. The number of carbonyl (C=O) groups excluding carboxylic acids is 2. The van der Waals surface area contributed by atoms with Crippen molar-refractivity contribution >= 4 is 17.6 Å². The molecule has 1 unspecified atom stereocenters. The van der Waals surface area contributed by atoms with Crippen molar-refractivity contribution < 1.29 is 9.59 Å². The molecule has 3 rings (SSSR count). The first kappa shape index (κ1) is 15.1. The Morgan fingerprint density at radius 2 is 2.17 bits per heavy atom. The molecule has 0 radical (unpaired) electrons. The molecule has 3 amide bonds. The lowest BCUT2D eigenvalue weighted by molar-refractivity contribution is -0.128. The van der Waals surface area contributed by atoms with E-state index in [2.05, 4.69) is 15.7 Å². The molecule has 1 aromatic carbocycles. The third-order valence-electron chi connectivity index (χ3n) is 3.70. The highest BCUT2D eigenvalue weighted by atomic mass is 16.2. The first-order valence-corrected chi connectivity index (χ1v) is 7.55. The van der Waals surface area contributed by atoms with Crippen LogP contribution in [0.1, 0.15) is 12.5 Å². The Hall–Kier alpha value is -2.83. The van der Waals surface area contributed by atoms with Crippen molar-refractivity contribution in [3.05, 3.63) is 48.3 Å². The number of aromatic nitrogens is 2. The van der Waals surface area contributed by atoms with Gasteiger partial charge in [-0.05, 0) is 12.5 Å². The predicted molar refractivity (Wildman–Crippen MR) is 86.0 cm³/mol. The second-order valence-corrected chi connectivity index (χ2v) is 5.50. The van der Waals surface area contributed by atoms with Crippen LogP contribution in [-0.4, -0.2) is 45.8 Å². The van der Waals surface area contributed by atoms with Crippen LogP contribution >= 0.6 is 0 Å². The topological polar surface area (TPSA) is 79.3 Å². The van der Waals surface area contributed by atoms with Crippen LogP contribution < -0.4 is 10.6 Å². The Labute approximate surface area is 134 Å². The Morgan fingerprint density at radius 3 is 2.87 bits per heavy atom. The fourth-order valence-electron chi connectivity index (χ4n) is 2.52. The summed E-state index contributed by atoms with van der Waals surface area (Å²) in [6.45, 7) is 3.32. The number of hydrogen-bond acceptors (Lipinski definition) is 4. The zero-order valence-electron chi connectivity index (χ0n) is 12.9. The molecule has 0 saturated carbocycles. The Morgan fingerprint density at radius 1 is 1.39 bits per heavy atom. The third kappa shape index (κ3) is 3.50. The minimum atomic E-state index is -0.492. The highest BCUT2D eigenvalue weighted by molar-refractivity contribution is 5.99. The lowest BCUT2D eigenvalue weighted by atomic mass is 10.2. The van der Waals surface area contributed by atoms with Crippen molar-refractivity contribution in [1.82, 2.24) is 20.0 Å². The second-order valence-electron chi connectivity index (χ2n) is 5.50. The van der Waals surface area contributed by atoms with E-state index in [1.165, 1.54) is 4.90 Å². The molecule has 0 bridgehead atoms. The molecule has 0 spiro atoms. The molecule has 7 heteroatoms. The number of hydrogen-bond donors (Lipinski definition) is 2. The van der Waals surface area contributed by atoms with E-state index >= 15 is 0 Å². The van der Waals surface area contributed by atoms with Crippen LogP contribution in [0.5, 0.6) is 0 Å². The van der Waals surface area contributed by atoms with E-state index in [4.69, 9.17) is 0 Å². The minimum absolute atomic E-state index is 0.240. The number of nitrogens with one attached hydrogen (secondary N) is 2. The molecule has 0 aliphatic carbocycles. The molecule has 1 atom stereocenters. The molecule has 2 aromatic rings. The highest BCUT2D eigenvalue weighted by Crippen LogP contribution is 2.11. The summed E-state index contributed by atoms with van der Waals surface area (Å²) < 4.78 is 1.80. The largest absolute Gasteiger partial charge is 0.371 e. The van der Waals surface area contributed by atoms with Gasteiger partial charge in [0.25, 0.3) is 5.91 Å². The van der Waals surface area contributed by atoms with E-state index in [0.29, 0.717) is 19.6 Å². The van der Waals surface area contributed by atoms with Crippen LogP contribution in [0.2, 0.25) is 0 Å². The maximum Gasteiger partial charge on any atom is 0.324 e. The smallest absolute Gasteiger partial charge is 0.324 e. The number of urea groups is 1. The molecular weight excluding hydrogens is 294 g/mol. The Kier molecular flexibility index (Phi) is 4.27. The summed E-state index contributed by atoms with van der Waals surface area (Å²) in [6.07, 6.45) is 3.53. The van der Waals surface area contributed by atoms with Crippen LogP contribution in [0.25, 0.3) is 0 Å². The van der Waals surface area contributed by atoms with Crippen LogP contribution in [0.4, 0.5) is 10.5 Å². The van der Waals surface area contributed by atoms with Crippen LogP contribution in [0.15, 0.2) is 42.7 Å². The lowest BCUT2D eigenvalue weighted by Crippen LogP contribution is -2.43. The van der Waals surface area contributed by atoms with Gasteiger partial charge < -0.3 is 10.6 Å². The van der Waals surface area contributed by atoms with Crippen LogP contribution in [-0.2, 0) is 11.3 Å². The molecule has 23 heavy (non-hydrogen) atoms. The zero-order valence-corrected chi connectivity index (χ0v) is 12.9. The normalized spacial score (nSPS) is 15.3. The van der Waals surface area contributed by atoms with Gasteiger partial charge in [-0.2, -0.15) is 5.10 Å². The molecule has 7 nitrogen and oxygen atoms in total. The highest BCUT2D eigenvalue weighted by Gasteiger charge is 2.29. The van der Waals surface area contributed by atoms with Gasteiger partial charge in [0.05, 0.1) is 18.4 Å². The summed E-state index contributed by atoms with van der Waals surface area (Å²) in [6, 6.07) is 9.19. The van der Waals surface area contributed by atoms with E-state index in [9.17, 15) is 9.59 Å². The summed E-state index contributed by atoms with van der Waals surface area (Å²) in [7, 11) is 0. The Balaban J connectivity index is 1.60. The average Bonchev–Trinajstić information content (AvgIpc) is 3.16. The molecule has 1 aliphatic rings. The van der Waals surface area contributed by atoms with Gasteiger partial charge >= 0.3 is 6.03 Å².